The molecule has 1 aromatic carbocycles. The van der Waals surface area contributed by atoms with E-state index in [1.54, 1.807) is 19.2 Å². The zero-order valence-corrected chi connectivity index (χ0v) is 15.3. The molecule has 1 aliphatic rings. The smallest absolute Gasteiger partial charge is 0.411 e. The van der Waals surface area contributed by atoms with Gasteiger partial charge < -0.3 is 15.4 Å². The fourth-order valence-corrected chi connectivity index (χ4v) is 2.80. The number of nitrogens with one attached hydrogen (secondary N) is 3. The van der Waals surface area contributed by atoms with Crippen LogP contribution < -0.4 is 16.0 Å². The van der Waals surface area contributed by atoms with Crippen LogP contribution in [0.2, 0.25) is 0 Å². The maximum absolute atomic E-state index is 12.5. The number of anilines is 1. The van der Waals surface area contributed by atoms with Crippen molar-refractivity contribution in [3.63, 3.8) is 0 Å². The van der Waals surface area contributed by atoms with E-state index in [1.807, 2.05) is 12.1 Å². The average Bonchev–Trinajstić information content (AvgIpc) is 3.04. The van der Waals surface area contributed by atoms with E-state index in [-0.39, 0.29) is 6.04 Å². The molecule has 1 aliphatic heterocycles. The Bertz CT molecular complexity index is 649. The fourth-order valence-electron chi connectivity index (χ4n) is 2.80. The maximum atomic E-state index is 12.5. The Labute approximate surface area is 156 Å². The lowest BCUT2D eigenvalue weighted by Crippen LogP contribution is -2.44. The fraction of sp³-hybridized carbons (Fsp3) is 0.529. The van der Waals surface area contributed by atoms with Crippen LogP contribution in [0.3, 0.4) is 0 Å². The summed E-state index contributed by atoms with van der Waals surface area (Å²) in [5.74, 6) is 0.533. The number of aliphatic imine (C=N–C) groups is 1. The molecular formula is C17H24F3N5O2. The lowest BCUT2D eigenvalue weighted by molar-refractivity contribution is -0.143. The number of hydrogen-bond acceptors (Lipinski definition) is 4. The largest absolute Gasteiger partial charge is 0.453 e. The van der Waals surface area contributed by atoms with Crippen LogP contribution in [0, 0.1) is 0 Å². The Balaban J connectivity index is 1.78. The highest BCUT2D eigenvalue weighted by atomic mass is 19.4. The van der Waals surface area contributed by atoms with Crippen LogP contribution in [-0.4, -0.2) is 63.0 Å². The predicted octanol–water partition coefficient (Wildman–Crippen LogP) is 2.17. The van der Waals surface area contributed by atoms with Gasteiger partial charge in [0.05, 0.1) is 13.7 Å². The Morgan fingerprint density at radius 1 is 1.33 bits per heavy atom. The first-order valence-electron chi connectivity index (χ1n) is 8.49. The second kappa shape index (κ2) is 9.45. The van der Waals surface area contributed by atoms with Gasteiger partial charge in [0.15, 0.2) is 5.96 Å². The molecular weight excluding hydrogens is 363 g/mol. The summed E-state index contributed by atoms with van der Waals surface area (Å²) >= 11 is 0. The molecule has 1 fully saturated rings. The number of benzene rings is 1. The van der Waals surface area contributed by atoms with Crippen LogP contribution in [-0.2, 0) is 11.3 Å². The van der Waals surface area contributed by atoms with Crippen molar-refractivity contribution in [1.82, 2.24) is 15.5 Å². The van der Waals surface area contributed by atoms with Gasteiger partial charge >= 0.3 is 12.3 Å². The second-order valence-corrected chi connectivity index (χ2v) is 6.22. The maximum Gasteiger partial charge on any atom is 0.411 e. The molecule has 7 nitrogen and oxygen atoms in total. The number of rotatable bonds is 5. The third-order valence-corrected chi connectivity index (χ3v) is 4.09. The van der Waals surface area contributed by atoms with E-state index in [2.05, 4.69) is 25.7 Å². The number of methoxy groups -OCH3 is 1. The van der Waals surface area contributed by atoms with Gasteiger partial charge in [0, 0.05) is 38.4 Å². The zero-order valence-electron chi connectivity index (χ0n) is 15.3. The van der Waals surface area contributed by atoms with E-state index in [0.29, 0.717) is 37.7 Å². The van der Waals surface area contributed by atoms with Gasteiger partial charge in [0.1, 0.15) is 0 Å². The van der Waals surface area contributed by atoms with Crippen molar-refractivity contribution in [1.29, 1.82) is 0 Å². The highest BCUT2D eigenvalue weighted by Crippen LogP contribution is 2.19. The molecule has 0 aromatic heterocycles. The van der Waals surface area contributed by atoms with E-state index in [4.69, 9.17) is 0 Å². The standard InChI is InChI=1S/C17H24F3N5O2/c1-21-15(23-14-7-8-25(10-14)11-17(18,19)20)22-9-12-3-5-13(6-4-12)24-16(26)27-2/h3-6,14H,7-11H2,1-2H3,(H,24,26)(H2,21,22,23). The lowest BCUT2D eigenvalue weighted by atomic mass is 10.2. The number of carbonyl (C=O) groups is 1. The van der Waals surface area contributed by atoms with E-state index >= 15 is 0 Å². The summed E-state index contributed by atoms with van der Waals surface area (Å²) in [5, 5.41) is 8.85. The van der Waals surface area contributed by atoms with Crippen molar-refractivity contribution in [3.05, 3.63) is 29.8 Å². The van der Waals surface area contributed by atoms with E-state index in [1.165, 1.54) is 12.0 Å². The first kappa shape index (κ1) is 20.8. The highest BCUT2D eigenvalue weighted by Gasteiger charge is 2.34. The first-order valence-corrected chi connectivity index (χ1v) is 8.49. The summed E-state index contributed by atoms with van der Waals surface area (Å²) in [6, 6.07) is 7.09. The van der Waals surface area contributed by atoms with Crippen LogP contribution in [0.5, 0.6) is 0 Å². The van der Waals surface area contributed by atoms with Gasteiger partial charge in [-0.3, -0.25) is 15.2 Å². The van der Waals surface area contributed by atoms with Gasteiger partial charge in [0.2, 0.25) is 0 Å². The van der Waals surface area contributed by atoms with Crippen molar-refractivity contribution in [2.75, 3.05) is 39.1 Å². The zero-order chi connectivity index (χ0) is 19.9. The molecule has 27 heavy (non-hydrogen) atoms. The van der Waals surface area contributed by atoms with Crippen molar-refractivity contribution in [3.8, 4) is 0 Å². The minimum absolute atomic E-state index is 0.0785. The number of guanidine groups is 1. The van der Waals surface area contributed by atoms with Crippen LogP contribution in [0.15, 0.2) is 29.3 Å². The molecule has 1 unspecified atom stereocenters. The quantitative estimate of drug-likeness (QED) is 0.533. The number of amides is 1. The molecule has 0 bridgehead atoms. The molecule has 150 valence electrons. The van der Waals surface area contributed by atoms with Gasteiger partial charge in [-0.1, -0.05) is 12.1 Å². The first-order chi connectivity index (χ1) is 12.8. The summed E-state index contributed by atoms with van der Waals surface area (Å²) in [6.07, 6.45) is -4.09. The third-order valence-electron chi connectivity index (χ3n) is 4.09. The monoisotopic (exact) mass is 387 g/mol. The summed E-state index contributed by atoms with van der Waals surface area (Å²) in [6.45, 7) is 0.331. The number of hydrogen-bond donors (Lipinski definition) is 3. The van der Waals surface area contributed by atoms with Crippen molar-refractivity contribution in [2.45, 2.75) is 25.2 Å². The molecule has 1 amide bonds. The normalized spacial score (nSPS) is 18.3. The minimum Gasteiger partial charge on any atom is -0.453 e. The third kappa shape index (κ3) is 7.33. The molecule has 1 aromatic rings. The summed E-state index contributed by atoms with van der Waals surface area (Å²) in [7, 11) is 2.90. The topological polar surface area (TPSA) is 78.0 Å². The van der Waals surface area contributed by atoms with Crippen LogP contribution in [0.1, 0.15) is 12.0 Å². The van der Waals surface area contributed by atoms with Gasteiger partial charge in [-0.25, -0.2) is 4.79 Å². The molecule has 0 radical (unpaired) electrons. The summed E-state index contributed by atoms with van der Waals surface area (Å²) in [4.78, 5) is 16.7. The van der Waals surface area contributed by atoms with Crippen LogP contribution in [0.4, 0.5) is 23.7 Å². The predicted molar refractivity (Wildman–Crippen MR) is 96.7 cm³/mol. The van der Waals surface area contributed by atoms with Crippen LogP contribution >= 0.6 is 0 Å². The second-order valence-electron chi connectivity index (χ2n) is 6.22. The minimum atomic E-state index is -4.18. The Morgan fingerprint density at radius 3 is 2.63 bits per heavy atom. The number of halogens is 3. The molecule has 10 heteroatoms. The van der Waals surface area contributed by atoms with E-state index in [0.717, 1.165) is 5.56 Å². The van der Waals surface area contributed by atoms with Gasteiger partial charge in [0.25, 0.3) is 0 Å². The molecule has 0 spiro atoms. The Hall–Kier alpha value is -2.49. The lowest BCUT2D eigenvalue weighted by Gasteiger charge is -2.20. The van der Waals surface area contributed by atoms with Crippen molar-refractivity contribution in [2.24, 2.45) is 4.99 Å². The van der Waals surface area contributed by atoms with Gasteiger partial charge in [-0.15, -0.1) is 0 Å². The number of alkyl halides is 3. The molecule has 0 saturated carbocycles. The molecule has 1 saturated heterocycles. The van der Waals surface area contributed by atoms with E-state index < -0.39 is 18.8 Å². The van der Waals surface area contributed by atoms with E-state index in [9.17, 15) is 18.0 Å². The summed E-state index contributed by atoms with van der Waals surface area (Å²) in [5.41, 5.74) is 1.57. The Morgan fingerprint density at radius 2 is 2.04 bits per heavy atom. The van der Waals surface area contributed by atoms with Gasteiger partial charge in [-0.2, -0.15) is 13.2 Å². The number of carbonyl (C=O) groups excluding carboxylic acids is 1. The molecule has 0 aliphatic carbocycles. The molecule has 1 atom stereocenters. The SMILES string of the molecule is CN=C(NCc1ccc(NC(=O)OC)cc1)NC1CCN(CC(F)(F)F)C1. The van der Waals surface area contributed by atoms with Crippen LogP contribution in [0.25, 0.3) is 0 Å². The van der Waals surface area contributed by atoms with Crippen molar-refractivity contribution < 1.29 is 22.7 Å². The number of nitrogens with zero attached hydrogens (tertiary/aromatic N) is 2. The molecule has 1 heterocycles. The molecule has 3 N–H and O–H groups in total. The Kier molecular flexibility index (Phi) is 7.28. The number of likely N-dealkylation sites (tertiary alicyclic amines) is 1. The number of ether oxygens (including phenoxy) is 1. The average molecular weight is 387 g/mol. The summed E-state index contributed by atoms with van der Waals surface area (Å²) < 4.78 is 41.9. The molecule has 2 rings (SSSR count). The van der Waals surface area contributed by atoms with Crippen molar-refractivity contribution >= 4 is 17.7 Å². The van der Waals surface area contributed by atoms with Gasteiger partial charge in [-0.05, 0) is 24.1 Å². The highest BCUT2D eigenvalue weighted by molar-refractivity contribution is 5.84.